The van der Waals surface area contributed by atoms with Crippen molar-refractivity contribution in [2.24, 2.45) is 21.8 Å². The van der Waals surface area contributed by atoms with E-state index in [4.69, 9.17) is 25.7 Å². The van der Waals surface area contributed by atoms with Crippen LogP contribution in [0.15, 0.2) is 10.3 Å². The summed E-state index contributed by atoms with van der Waals surface area (Å²) in [5, 5.41) is 51.6. The van der Waals surface area contributed by atoms with E-state index in [0.717, 1.165) is 0 Å². The number of carbonyl (C=O) groups excluding carboxylic acids is 9. The molecular formula is C50H93N13O14. The summed E-state index contributed by atoms with van der Waals surface area (Å²) < 4.78 is 16.1. The van der Waals surface area contributed by atoms with Crippen LogP contribution in [0.1, 0.15) is 132 Å². The van der Waals surface area contributed by atoms with Crippen molar-refractivity contribution < 1.29 is 67.8 Å². The number of oxime groups is 2. The fourth-order valence-corrected chi connectivity index (χ4v) is 6.89. The number of hydrogen-bond acceptors (Lipinski definition) is 20. The highest BCUT2D eigenvalue weighted by Gasteiger charge is 2.28. The molecule has 0 bridgehead atoms. The molecule has 0 rings (SSSR count). The number of hydrogen-bond donors (Lipinski definition) is 13. The summed E-state index contributed by atoms with van der Waals surface area (Å²) in [4.78, 5) is 110. The summed E-state index contributed by atoms with van der Waals surface area (Å²) in [6.45, 7) is 15.3. The van der Waals surface area contributed by atoms with E-state index in [-0.39, 0.29) is 134 Å². The van der Waals surface area contributed by atoms with Crippen molar-refractivity contribution in [1.29, 1.82) is 0 Å². The SMILES string of the molecule is CC(=O)CN[C@@H](CCCCNC(=O)COCCOCCOCC(=O)NCCCC[C@H](NC(=O)CCCC(=O)NC(CNC(C)(C)/C(C)=N/O)CNC(C)(C)/C(C)=N/O)C(=O)NCCCC[C@H](NCC(C)=O)C(N)=O)C(N)=O. The number of nitrogens with zero attached hydrogens (tertiary/aromatic N) is 2. The highest BCUT2D eigenvalue weighted by atomic mass is 16.5. The maximum Gasteiger partial charge on any atom is 0.245 e. The van der Waals surface area contributed by atoms with E-state index in [9.17, 15) is 53.6 Å². The van der Waals surface area contributed by atoms with Crippen LogP contribution >= 0.6 is 0 Å². The fraction of sp³-hybridized carbons (Fsp3) is 0.780. The van der Waals surface area contributed by atoms with Crippen molar-refractivity contribution in [3.05, 3.63) is 0 Å². The van der Waals surface area contributed by atoms with Crippen LogP contribution < -0.4 is 59.3 Å². The molecule has 27 nitrogen and oxygen atoms in total. The van der Waals surface area contributed by atoms with Crippen molar-refractivity contribution in [3.8, 4) is 0 Å². The molecule has 27 heteroatoms. The molecule has 0 radical (unpaired) electrons. The first-order chi connectivity index (χ1) is 36.3. The molecule has 3 atom stereocenters. The molecule has 442 valence electrons. The zero-order chi connectivity index (χ0) is 58.2. The Balaban J connectivity index is 5.00. The lowest BCUT2D eigenvalue weighted by Crippen LogP contribution is -2.57. The van der Waals surface area contributed by atoms with Crippen molar-refractivity contribution >= 4 is 64.3 Å². The van der Waals surface area contributed by atoms with Gasteiger partial charge in [-0.1, -0.05) is 10.3 Å². The number of rotatable bonds is 48. The monoisotopic (exact) mass is 1100 g/mol. The number of amides is 7. The van der Waals surface area contributed by atoms with Gasteiger partial charge in [0.15, 0.2) is 0 Å². The Labute approximate surface area is 453 Å². The molecule has 0 fully saturated rings. The zero-order valence-corrected chi connectivity index (χ0v) is 46.8. The van der Waals surface area contributed by atoms with E-state index in [0.29, 0.717) is 69.3 Å². The molecule has 0 aromatic carbocycles. The Morgan fingerprint density at radius 3 is 1.26 bits per heavy atom. The first-order valence-corrected chi connectivity index (χ1v) is 26.4. The Kier molecular flexibility index (Phi) is 38.3. The van der Waals surface area contributed by atoms with E-state index in [1.807, 2.05) is 27.7 Å². The van der Waals surface area contributed by atoms with Gasteiger partial charge in [-0.2, -0.15) is 0 Å². The van der Waals surface area contributed by atoms with Crippen LogP contribution in [0.5, 0.6) is 0 Å². The molecule has 0 heterocycles. The minimum atomic E-state index is -0.923. The van der Waals surface area contributed by atoms with Gasteiger partial charge in [0.1, 0.15) is 30.8 Å². The van der Waals surface area contributed by atoms with Crippen LogP contribution in [-0.2, 0) is 57.4 Å². The topological polar surface area (TPSA) is 407 Å². The number of carbonyl (C=O) groups is 9. The maximum atomic E-state index is 13.4. The average molecular weight is 1100 g/mol. The van der Waals surface area contributed by atoms with Gasteiger partial charge in [0.05, 0.1) is 80.1 Å². The van der Waals surface area contributed by atoms with Crippen LogP contribution in [0, 0.1) is 0 Å². The lowest BCUT2D eigenvalue weighted by atomic mass is 9.98. The number of ether oxygens (including phenoxy) is 3. The van der Waals surface area contributed by atoms with Gasteiger partial charge in [-0.3, -0.25) is 53.8 Å². The van der Waals surface area contributed by atoms with Gasteiger partial charge < -0.3 is 73.3 Å². The van der Waals surface area contributed by atoms with Gasteiger partial charge in [0.2, 0.25) is 41.4 Å². The lowest BCUT2D eigenvalue weighted by molar-refractivity contribution is -0.129. The third kappa shape index (κ3) is 36.9. The molecule has 15 N–H and O–H groups in total. The second-order valence-electron chi connectivity index (χ2n) is 19.9. The molecule has 0 saturated heterocycles. The third-order valence-electron chi connectivity index (χ3n) is 12.3. The minimum Gasteiger partial charge on any atom is -0.411 e. The first kappa shape index (κ1) is 71.3. The largest absolute Gasteiger partial charge is 0.411 e. The van der Waals surface area contributed by atoms with Gasteiger partial charge >= 0.3 is 0 Å². The summed E-state index contributed by atoms with van der Waals surface area (Å²) in [6.07, 6.45) is 4.31. The van der Waals surface area contributed by atoms with Gasteiger partial charge in [0, 0.05) is 45.6 Å². The number of nitrogens with two attached hydrogens (primary N) is 2. The number of ketones is 2. The van der Waals surface area contributed by atoms with Crippen LogP contribution in [0.2, 0.25) is 0 Å². The molecule has 0 unspecified atom stereocenters. The van der Waals surface area contributed by atoms with Crippen LogP contribution in [0.4, 0.5) is 0 Å². The molecule has 7 amide bonds. The Bertz CT molecular complexity index is 1850. The Hall–Kier alpha value is -5.71. The average Bonchev–Trinajstić information content (AvgIpc) is 3.36. The number of Topliss-reactive ketones (excluding diaryl/α,β-unsaturated/α-hetero) is 2. The predicted molar refractivity (Wildman–Crippen MR) is 288 cm³/mol. The Morgan fingerprint density at radius 2 is 0.870 bits per heavy atom. The molecule has 0 aromatic heterocycles. The summed E-state index contributed by atoms with van der Waals surface area (Å²) in [6, 6.07) is -2.70. The maximum absolute atomic E-state index is 13.4. The Morgan fingerprint density at radius 1 is 0.494 bits per heavy atom. The van der Waals surface area contributed by atoms with Crippen molar-refractivity contribution in [1.82, 2.24) is 47.9 Å². The van der Waals surface area contributed by atoms with Gasteiger partial charge in [-0.05, 0) is 120 Å². The van der Waals surface area contributed by atoms with Crippen LogP contribution in [0.3, 0.4) is 0 Å². The van der Waals surface area contributed by atoms with E-state index < -0.39 is 58.9 Å². The second-order valence-corrected chi connectivity index (χ2v) is 19.9. The normalized spacial score (nSPS) is 13.3. The zero-order valence-electron chi connectivity index (χ0n) is 46.8. The van der Waals surface area contributed by atoms with Gasteiger partial charge in [-0.15, -0.1) is 0 Å². The fourth-order valence-electron chi connectivity index (χ4n) is 6.89. The smallest absolute Gasteiger partial charge is 0.245 e. The molecule has 0 spiro atoms. The second kappa shape index (κ2) is 41.4. The molecule has 0 aromatic rings. The standard InChI is InChI=1S/C50H93N13O14/c1-34(64)28-56-39(46(51)70)16-9-12-21-53-44(68)32-76-26-24-75-25-27-77-33-45(69)54-22-13-11-18-41(48(72)55-23-14-10-17-40(47(52)71)57-29-35(2)65)61-43(67)20-15-19-42(66)60-38(30-58-49(5,6)36(3)62-73)31-59-50(7,8)37(4)63-74/h38-41,56-59,73-74H,9-33H2,1-8H3,(H2,51,70)(H2,52,71)(H,53,68)(H,54,69)(H,55,72)(H,60,66)(H,61,67)/b62-36+,63-37+/t39-,40-,41-/m0/s1. The summed E-state index contributed by atoms with van der Waals surface area (Å²) in [7, 11) is 0. The van der Waals surface area contributed by atoms with Crippen LogP contribution in [0.25, 0.3) is 0 Å². The lowest BCUT2D eigenvalue weighted by Gasteiger charge is -2.32. The molecule has 77 heavy (non-hydrogen) atoms. The first-order valence-electron chi connectivity index (χ1n) is 26.4. The molecule has 0 aliphatic rings. The summed E-state index contributed by atoms with van der Waals surface area (Å²) >= 11 is 0. The number of unbranched alkanes of at least 4 members (excludes halogenated alkanes) is 3. The van der Waals surface area contributed by atoms with Gasteiger partial charge in [-0.25, -0.2) is 0 Å². The quantitative estimate of drug-likeness (QED) is 0.0143. The van der Waals surface area contributed by atoms with E-state index in [1.165, 1.54) is 13.8 Å². The van der Waals surface area contributed by atoms with Crippen molar-refractivity contribution in [2.75, 3.05) is 85.5 Å². The van der Waals surface area contributed by atoms with Crippen molar-refractivity contribution in [3.63, 3.8) is 0 Å². The number of nitrogens with one attached hydrogen (secondary N) is 9. The molecule has 0 aliphatic carbocycles. The van der Waals surface area contributed by atoms with Crippen LogP contribution in [-0.4, -0.2) is 195 Å². The van der Waals surface area contributed by atoms with E-state index in [1.54, 1.807) is 13.8 Å². The van der Waals surface area contributed by atoms with Crippen molar-refractivity contribution in [2.45, 2.75) is 168 Å². The van der Waals surface area contributed by atoms with Gasteiger partial charge in [0.25, 0.3) is 0 Å². The summed E-state index contributed by atoms with van der Waals surface area (Å²) in [5.74, 6) is -3.23. The third-order valence-corrected chi connectivity index (χ3v) is 12.3. The highest BCUT2D eigenvalue weighted by Crippen LogP contribution is 2.09. The molecule has 0 aliphatic heterocycles. The molecule has 0 saturated carbocycles. The molecular weight excluding hydrogens is 1010 g/mol. The minimum absolute atomic E-state index is 0.000168. The number of primary amides is 2. The predicted octanol–water partition coefficient (Wildman–Crippen LogP) is -1.46. The highest BCUT2D eigenvalue weighted by molar-refractivity contribution is 5.91. The summed E-state index contributed by atoms with van der Waals surface area (Å²) in [5.41, 5.74) is 10.3. The van der Waals surface area contributed by atoms with E-state index in [2.05, 4.69) is 58.2 Å². The van der Waals surface area contributed by atoms with E-state index >= 15 is 0 Å².